The van der Waals surface area contributed by atoms with E-state index in [1.54, 1.807) is 45.2 Å². The third kappa shape index (κ3) is 8.40. The molecule has 0 unspecified atom stereocenters. The fourth-order valence-electron chi connectivity index (χ4n) is 1.61. The average molecular weight is 675 g/mol. The maximum Gasteiger partial charge on any atom is 0.511 e. The van der Waals surface area contributed by atoms with Gasteiger partial charge in [-0.1, -0.05) is 0 Å². The summed E-state index contributed by atoms with van der Waals surface area (Å²) in [6, 6.07) is 2.49. The largest absolute Gasteiger partial charge is 0.511 e. The lowest BCUT2D eigenvalue weighted by Crippen LogP contribution is -2.38. The molecule has 0 bridgehead atoms. The maximum atomic E-state index is 12.3. The molecule has 16 heteroatoms. The van der Waals surface area contributed by atoms with E-state index in [9.17, 15) is 44.3 Å². The van der Waals surface area contributed by atoms with Crippen molar-refractivity contribution in [2.75, 3.05) is 13.2 Å². The van der Waals surface area contributed by atoms with E-state index in [-0.39, 0.29) is 3.57 Å². The van der Waals surface area contributed by atoms with Crippen LogP contribution in [-0.4, -0.2) is 45.2 Å². The van der Waals surface area contributed by atoms with Gasteiger partial charge in [0.25, 0.3) is 0 Å². The number of hydrogen-bond acceptors (Lipinski definition) is 6. The molecule has 0 aliphatic rings. The molecule has 0 saturated heterocycles. The Morgan fingerprint density at radius 1 is 1.07 bits per heavy atom. The fourth-order valence-corrected chi connectivity index (χ4v) is 4.08. The van der Waals surface area contributed by atoms with E-state index in [4.69, 9.17) is 0 Å². The van der Waals surface area contributed by atoms with Crippen molar-refractivity contribution in [3.63, 3.8) is 0 Å². The van der Waals surface area contributed by atoms with Gasteiger partial charge in [-0.2, -0.15) is 26.3 Å². The second kappa shape index (κ2) is 9.94. The minimum atomic E-state index is -5.63. The number of carbonyl (C=O) groups excluding carboxylic acids is 2. The summed E-state index contributed by atoms with van der Waals surface area (Å²) in [7, 11) is -5.63. The molecule has 0 radical (unpaired) electrons. The van der Waals surface area contributed by atoms with Gasteiger partial charge in [-0.05, 0) is 57.3 Å². The van der Waals surface area contributed by atoms with Crippen molar-refractivity contribution < 1.29 is 53.8 Å². The molecule has 1 rings (SSSR count). The van der Waals surface area contributed by atoms with Crippen LogP contribution in [0.15, 0.2) is 12.1 Å². The highest BCUT2D eigenvalue weighted by atomic mass is 127. The van der Waals surface area contributed by atoms with Crippen molar-refractivity contribution >= 4 is 67.1 Å². The molecule has 0 aliphatic heterocycles. The zero-order chi connectivity index (χ0) is 22.6. The zero-order valence-electron chi connectivity index (χ0n) is 13.7. The number of hydrogen-bond donors (Lipinski definition) is 1. The van der Waals surface area contributed by atoms with Gasteiger partial charge in [0, 0.05) is 10.1 Å². The molecule has 0 aromatic heterocycles. The van der Waals surface area contributed by atoms with Gasteiger partial charge in [0.2, 0.25) is 0 Å². The summed E-state index contributed by atoms with van der Waals surface area (Å²) in [5.41, 5.74) is -6.02. The van der Waals surface area contributed by atoms with Gasteiger partial charge in [-0.15, -0.1) is 0 Å². The molecule has 1 aromatic rings. The van der Waals surface area contributed by atoms with Gasteiger partial charge >= 0.3 is 33.6 Å². The van der Waals surface area contributed by atoms with Gasteiger partial charge in [0.1, 0.15) is 18.6 Å². The zero-order valence-corrected chi connectivity index (χ0v) is 18.8. The molecule has 0 saturated carbocycles. The molecule has 0 amide bonds. The molecule has 0 aliphatic carbocycles. The van der Waals surface area contributed by atoms with Gasteiger partial charge in [-0.3, -0.25) is 4.79 Å². The number of esters is 2. The monoisotopic (exact) mass is 675 g/mol. The third-order valence-electron chi connectivity index (χ3n) is 2.72. The number of alkyl halides is 6. The van der Waals surface area contributed by atoms with Crippen LogP contribution >= 0.6 is 45.2 Å². The predicted molar refractivity (Wildman–Crippen MR) is 101 cm³/mol. The highest BCUT2D eigenvalue weighted by molar-refractivity contribution is 14.1. The van der Waals surface area contributed by atoms with E-state index in [2.05, 4.69) is 9.47 Å². The number of halogens is 8. The number of rotatable bonds is 7. The van der Waals surface area contributed by atoms with E-state index >= 15 is 0 Å². The Bertz CT molecular complexity index is 887. The Morgan fingerprint density at radius 2 is 1.66 bits per heavy atom. The molecular weight excluding hydrogens is 666 g/mol. The second-order valence-electron chi connectivity index (χ2n) is 5.01. The van der Waals surface area contributed by atoms with Crippen LogP contribution in [0.4, 0.5) is 26.3 Å². The maximum absolute atomic E-state index is 12.3. The van der Waals surface area contributed by atoms with Gasteiger partial charge in [-0.25, -0.2) is 17.9 Å². The van der Waals surface area contributed by atoms with Crippen LogP contribution in [0, 0.1) is 7.14 Å². The molecular formula is C13H9F6I2NO6S. The summed E-state index contributed by atoms with van der Waals surface area (Å²) in [4.78, 5) is 23.5. The van der Waals surface area contributed by atoms with E-state index in [0.717, 1.165) is 10.8 Å². The van der Waals surface area contributed by atoms with Crippen LogP contribution in [0.25, 0.3) is 0 Å². The smallest absolute Gasteiger partial charge is 0.461 e. The SMILES string of the molecule is O=C(CC(F)(F)F)Oc1c(I)cc(I)cc1C(=O)OCCNS(=O)(=O)C(F)(F)F. The fraction of sp³-hybridized carbons (Fsp3) is 0.385. The molecule has 1 aromatic carbocycles. The molecule has 0 spiro atoms. The van der Waals surface area contributed by atoms with Crippen LogP contribution in [0.5, 0.6) is 5.75 Å². The molecule has 29 heavy (non-hydrogen) atoms. The number of nitrogens with one attached hydrogen (secondary N) is 1. The van der Waals surface area contributed by atoms with Crippen molar-refractivity contribution in [2.45, 2.75) is 18.1 Å². The van der Waals surface area contributed by atoms with E-state index in [1.807, 2.05) is 0 Å². The topological polar surface area (TPSA) is 98.8 Å². The summed E-state index contributed by atoms with van der Waals surface area (Å²) < 4.78 is 106. The minimum absolute atomic E-state index is 0.0924. The summed E-state index contributed by atoms with van der Waals surface area (Å²) in [6.07, 6.45) is -6.76. The Labute approximate surface area is 186 Å². The Balaban J connectivity index is 2.89. The lowest BCUT2D eigenvalue weighted by molar-refractivity contribution is -0.164. The summed E-state index contributed by atoms with van der Waals surface area (Å²) in [6.45, 7) is -1.75. The van der Waals surface area contributed by atoms with Crippen molar-refractivity contribution in [2.24, 2.45) is 0 Å². The first-order chi connectivity index (χ1) is 13.0. The second-order valence-corrected chi connectivity index (χ2v) is 9.18. The normalized spacial score (nSPS) is 12.6. The summed E-state index contributed by atoms with van der Waals surface area (Å²) in [5.74, 6) is -3.47. The van der Waals surface area contributed by atoms with Crippen LogP contribution < -0.4 is 9.46 Å². The first kappa shape index (κ1) is 26.1. The Morgan fingerprint density at radius 3 is 2.17 bits per heavy atom. The predicted octanol–water partition coefficient (Wildman–Crippen LogP) is 3.35. The third-order valence-corrected chi connectivity index (χ3v) is 5.34. The van der Waals surface area contributed by atoms with Crippen molar-refractivity contribution in [1.29, 1.82) is 0 Å². The van der Waals surface area contributed by atoms with Crippen molar-refractivity contribution in [3.05, 3.63) is 24.8 Å². The Hall–Kier alpha value is -0.890. The molecule has 1 N–H and O–H groups in total. The quantitative estimate of drug-likeness (QED) is 0.157. The molecule has 7 nitrogen and oxygen atoms in total. The highest BCUT2D eigenvalue weighted by Gasteiger charge is 2.45. The number of sulfonamides is 1. The van der Waals surface area contributed by atoms with E-state index in [1.165, 1.54) is 6.07 Å². The van der Waals surface area contributed by atoms with E-state index < -0.39 is 64.5 Å². The minimum Gasteiger partial charge on any atom is -0.461 e. The van der Waals surface area contributed by atoms with Crippen LogP contribution in [0.2, 0.25) is 0 Å². The highest BCUT2D eigenvalue weighted by Crippen LogP contribution is 2.30. The van der Waals surface area contributed by atoms with E-state index in [0.29, 0.717) is 3.57 Å². The number of carbonyl (C=O) groups is 2. The standard InChI is InChI=1S/C13H9F6I2NO6S/c14-12(15,16)5-9(23)28-10-7(3-6(20)4-8(10)21)11(24)27-2-1-22-29(25,26)13(17,18)19/h3-4,22H,1-2,5H2. The number of ether oxygens (including phenoxy) is 2. The van der Waals surface area contributed by atoms with Crippen molar-refractivity contribution in [3.8, 4) is 5.75 Å². The summed E-state index contributed by atoms with van der Waals surface area (Å²) in [5, 5.41) is 0. The first-order valence-electron chi connectivity index (χ1n) is 7.03. The van der Waals surface area contributed by atoms with Crippen LogP contribution in [-0.2, 0) is 19.6 Å². The molecule has 0 atom stereocenters. The molecule has 164 valence electrons. The lowest BCUT2D eigenvalue weighted by Gasteiger charge is -2.14. The number of benzene rings is 1. The van der Waals surface area contributed by atoms with Gasteiger partial charge in [0.15, 0.2) is 5.75 Å². The Kier molecular flexibility index (Phi) is 8.97. The van der Waals surface area contributed by atoms with Crippen molar-refractivity contribution in [1.82, 2.24) is 4.72 Å². The first-order valence-corrected chi connectivity index (χ1v) is 10.7. The molecule has 0 fully saturated rings. The molecule has 0 heterocycles. The van der Waals surface area contributed by atoms with Gasteiger partial charge < -0.3 is 9.47 Å². The van der Waals surface area contributed by atoms with Crippen LogP contribution in [0.1, 0.15) is 16.8 Å². The summed E-state index contributed by atoms with van der Waals surface area (Å²) >= 11 is 3.34. The van der Waals surface area contributed by atoms with Gasteiger partial charge in [0.05, 0.1) is 3.57 Å². The average Bonchev–Trinajstić information content (AvgIpc) is 2.50. The lowest BCUT2D eigenvalue weighted by atomic mass is 10.2. The van der Waals surface area contributed by atoms with Crippen LogP contribution in [0.3, 0.4) is 0 Å².